The van der Waals surface area contributed by atoms with Crippen LogP contribution in [0.5, 0.6) is 0 Å². The molecular weight excluding hydrogens is 341 g/mol. The molecule has 3 N–H and O–H groups in total. The van der Waals surface area contributed by atoms with E-state index >= 15 is 0 Å². The van der Waals surface area contributed by atoms with Gasteiger partial charge in [0.25, 0.3) is 0 Å². The molecular formula is C14H21BrFN3S. The van der Waals surface area contributed by atoms with Crippen molar-refractivity contribution < 1.29 is 4.39 Å². The monoisotopic (exact) mass is 361 g/mol. The van der Waals surface area contributed by atoms with Crippen molar-refractivity contribution in [2.75, 3.05) is 32.5 Å². The minimum absolute atomic E-state index is 0.0320. The van der Waals surface area contributed by atoms with Gasteiger partial charge in [-0.25, -0.2) is 4.39 Å². The fraction of sp³-hybridized carbons (Fsp3) is 0.500. The molecule has 6 heteroatoms. The molecule has 112 valence electrons. The largest absolute Gasteiger partial charge is 0.389 e. The number of thiocarbonyl (C=S) groups is 1. The molecule has 1 rings (SSSR count). The molecule has 0 atom stereocenters. The molecule has 0 fully saturated rings. The first-order valence-electron chi connectivity index (χ1n) is 6.30. The molecule has 0 radical (unpaired) electrons. The van der Waals surface area contributed by atoms with Gasteiger partial charge in [0.15, 0.2) is 5.82 Å². The topological polar surface area (TPSA) is 41.3 Å². The van der Waals surface area contributed by atoms with Crippen LogP contribution >= 0.6 is 28.1 Å². The summed E-state index contributed by atoms with van der Waals surface area (Å²) in [4.78, 5) is 2.29. The summed E-state index contributed by atoms with van der Waals surface area (Å²) < 4.78 is 14.5. The highest BCUT2D eigenvalue weighted by molar-refractivity contribution is 9.10. The number of benzene rings is 1. The van der Waals surface area contributed by atoms with E-state index in [9.17, 15) is 4.39 Å². The van der Waals surface area contributed by atoms with E-state index in [1.54, 1.807) is 12.1 Å². The Morgan fingerprint density at radius 2 is 2.05 bits per heavy atom. The Balaban J connectivity index is 2.85. The van der Waals surface area contributed by atoms with Gasteiger partial charge in [-0.2, -0.15) is 0 Å². The molecule has 0 saturated heterocycles. The first-order valence-corrected chi connectivity index (χ1v) is 7.50. The van der Waals surface area contributed by atoms with Gasteiger partial charge < -0.3 is 16.0 Å². The smallest absolute Gasteiger partial charge is 0.161 e. The van der Waals surface area contributed by atoms with Crippen LogP contribution in [0, 0.1) is 11.2 Å². The molecule has 0 unspecified atom stereocenters. The van der Waals surface area contributed by atoms with Crippen LogP contribution < -0.4 is 11.1 Å². The third kappa shape index (κ3) is 4.68. The number of hydrogen-bond donors (Lipinski definition) is 2. The molecule has 0 heterocycles. The number of rotatable bonds is 6. The number of nitrogens with zero attached hydrogens (tertiary/aromatic N) is 1. The van der Waals surface area contributed by atoms with Gasteiger partial charge in [-0.1, -0.05) is 26.1 Å². The molecule has 0 bridgehead atoms. The first kappa shape index (κ1) is 17.3. The summed E-state index contributed by atoms with van der Waals surface area (Å²) in [6.45, 7) is 5.85. The van der Waals surface area contributed by atoms with Crippen LogP contribution in [-0.4, -0.2) is 37.1 Å². The molecule has 3 nitrogen and oxygen atoms in total. The van der Waals surface area contributed by atoms with Crippen LogP contribution in [0.3, 0.4) is 0 Å². The minimum Gasteiger partial charge on any atom is -0.389 e. The van der Waals surface area contributed by atoms with Crippen LogP contribution in [0.4, 0.5) is 10.1 Å². The average Bonchev–Trinajstić information content (AvgIpc) is 2.29. The molecule has 0 aliphatic heterocycles. The van der Waals surface area contributed by atoms with Crippen LogP contribution in [0.2, 0.25) is 0 Å². The summed E-state index contributed by atoms with van der Waals surface area (Å²) in [7, 11) is 4.05. The summed E-state index contributed by atoms with van der Waals surface area (Å²) in [5, 5.41) is 3.15. The SMILES string of the molecule is CN(C)CC(C)(C)CNc1ccc(C(N)=S)c(Br)c1F. The predicted octanol–water partition coefficient (Wildman–Crippen LogP) is 3.22. The molecule has 0 aromatic heterocycles. The summed E-state index contributed by atoms with van der Waals surface area (Å²) in [5.74, 6) is -0.365. The number of anilines is 1. The van der Waals surface area contributed by atoms with E-state index in [4.69, 9.17) is 18.0 Å². The van der Waals surface area contributed by atoms with E-state index in [2.05, 4.69) is 40.0 Å². The molecule has 20 heavy (non-hydrogen) atoms. The van der Waals surface area contributed by atoms with Crippen molar-refractivity contribution in [1.29, 1.82) is 0 Å². The van der Waals surface area contributed by atoms with Gasteiger partial charge in [-0.05, 0) is 47.6 Å². The lowest BCUT2D eigenvalue weighted by atomic mass is 9.93. The van der Waals surface area contributed by atoms with Gasteiger partial charge in [0.05, 0.1) is 10.2 Å². The number of halogens is 2. The lowest BCUT2D eigenvalue weighted by molar-refractivity contribution is 0.254. The van der Waals surface area contributed by atoms with E-state index < -0.39 is 0 Å². The zero-order valence-corrected chi connectivity index (χ0v) is 14.7. The van der Waals surface area contributed by atoms with Gasteiger partial charge >= 0.3 is 0 Å². The van der Waals surface area contributed by atoms with Crippen molar-refractivity contribution in [3.63, 3.8) is 0 Å². The fourth-order valence-corrected chi connectivity index (χ4v) is 2.98. The quantitative estimate of drug-likeness (QED) is 0.763. The van der Waals surface area contributed by atoms with Gasteiger partial charge in [0.1, 0.15) is 4.99 Å². The van der Waals surface area contributed by atoms with Gasteiger partial charge in [-0.15, -0.1) is 0 Å². The molecule has 1 aromatic rings. The van der Waals surface area contributed by atoms with Crippen LogP contribution in [0.25, 0.3) is 0 Å². The Hall–Kier alpha value is -0.720. The molecule has 0 spiro atoms. The van der Waals surface area contributed by atoms with Crippen LogP contribution in [-0.2, 0) is 0 Å². The lowest BCUT2D eigenvalue weighted by Gasteiger charge is -2.29. The molecule has 0 amide bonds. The maximum Gasteiger partial charge on any atom is 0.161 e. The average molecular weight is 362 g/mol. The van der Waals surface area contributed by atoms with Gasteiger partial charge in [0, 0.05) is 18.7 Å². The van der Waals surface area contributed by atoms with Gasteiger partial charge in [-0.3, -0.25) is 0 Å². The molecule has 0 aliphatic rings. The second-order valence-corrected chi connectivity index (χ2v) is 7.14. The third-order valence-corrected chi connectivity index (χ3v) is 3.84. The van der Waals surface area contributed by atoms with Crippen LogP contribution in [0.1, 0.15) is 19.4 Å². The second kappa shape index (κ2) is 6.83. The van der Waals surface area contributed by atoms with Gasteiger partial charge in [0.2, 0.25) is 0 Å². The Morgan fingerprint density at radius 3 is 2.55 bits per heavy atom. The van der Waals surface area contributed by atoms with Crippen molar-refractivity contribution >= 4 is 38.8 Å². The second-order valence-electron chi connectivity index (χ2n) is 5.91. The van der Waals surface area contributed by atoms with E-state index in [0.717, 1.165) is 6.54 Å². The van der Waals surface area contributed by atoms with E-state index in [1.807, 2.05) is 14.1 Å². The van der Waals surface area contributed by atoms with Crippen molar-refractivity contribution in [1.82, 2.24) is 4.90 Å². The lowest BCUT2D eigenvalue weighted by Crippen LogP contribution is -2.34. The maximum atomic E-state index is 14.2. The highest BCUT2D eigenvalue weighted by atomic mass is 79.9. The first-order chi connectivity index (χ1) is 9.14. The zero-order valence-electron chi connectivity index (χ0n) is 12.3. The number of nitrogens with two attached hydrogens (primary N) is 1. The summed E-state index contributed by atoms with van der Waals surface area (Å²) >= 11 is 8.08. The van der Waals surface area contributed by atoms with Crippen molar-refractivity contribution in [3.8, 4) is 0 Å². The standard InChI is InChI=1S/C14H21BrFN3S/c1-14(2,8-19(3)4)7-18-10-6-5-9(13(17)20)11(15)12(10)16/h5-6,18H,7-8H2,1-4H3,(H2,17,20). The molecule has 1 aromatic carbocycles. The Morgan fingerprint density at radius 1 is 1.45 bits per heavy atom. The Bertz CT molecular complexity index is 503. The molecule has 0 saturated carbocycles. The zero-order chi connectivity index (χ0) is 15.5. The van der Waals surface area contributed by atoms with Crippen molar-refractivity contribution in [2.24, 2.45) is 11.1 Å². The summed E-state index contributed by atoms with van der Waals surface area (Å²) in [5.41, 5.74) is 6.53. The van der Waals surface area contributed by atoms with E-state index in [0.29, 0.717) is 22.3 Å². The van der Waals surface area contributed by atoms with E-state index in [1.165, 1.54) is 0 Å². The summed E-state index contributed by atoms with van der Waals surface area (Å²) in [6, 6.07) is 3.39. The highest BCUT2D eigenvalue weighted by Gasteiger charge is 2.20. The van der Waals surface area contributed by atoms with E-state index in [-0.39, 0.29) is 16.2 Å². The predicted molar refractivity (Wildman–Crippen MR) is 90.8 cm³/mol. The third-order valence-electron chi connectivity index (χ3n) is 2.85. The normalized spacial score (nSPS) is 11.8. The number of nitrogens with one attached hydrogen (secondary N) is 1. The van der Waals surface area contributed by atoms with Crippen LogP contribution in [0.15, 0.2) is 16.6 Å². The van der Waals surface area contributed by atoms with Crippen molar-refractivity contribution in [2.45, 2.75) is 13.8 Å². The fourth-order valence-electron chi connectivity index (χ4n) is 2.12. The Kier molecular flexibility index (Phi) is 5.91. The Labute approximate surface area is 133 Å². The minimum atomic E-state index is -0.365. The van der Waals surface area contributed by atoms with Crippen molar-refractivity contribution in [3.05, 3.63) is 28.0 Å². The maximum absolute atomic E-state index is 14.2. The molecule has 0 aliphatic carbocycles. The highest BCUT2D eigenvalue weighted by Crippen LogP contribution is 2.28. The summed E-state index contributed by atoms with van der Waals surface area (Å²) in [6.07, 6.45) is 0. The number of hydrogen-bond acceptors (Lipinski definition) is 3.